The van der Waals surface area contributed by atoms with E-state index in [0.29, 0.717) is 10.0 Å². The Hall–Kier alpha value is -2.74. The maximum Gasteiger partial charge on any atom is 0.325 e. The van der Waals surface area contributed by atoms with E-state index in [1.807, 2.05) is 12.1 Å². The summed E-state index contributed by atoms with van der Waals surface area (Å²) >= 11 is 3.14. The van der Waals surface area contributed by atoms with Gasteiger partial charge in [0.25, 0.3) is 5.91 Å². The minimum absolute atomic E-state index is 0.0317. The van der Waals surface area contributed by atoms with Gasteiger partial charge in [-0.1, -0.05) is 61.0 Å². The van der Waals surface area contributed by atoms with Crippen molar-refractivity contribution in [3.8, 4) is 0 Å². The van der Waals surface area contributed by atoms with E-state index in [-0.39, 0.29) is 11.1 Å². The lowest BCUT2D eigenvalue weighted by Gasteiger charge is -2.24. The van der Waals surface area contributed by atoms with Crippen molar-refractivity contribution in [3.05, 3.63) is 63.9 Å². The number of nitrogens with zero attached hydrogens (tertiary/aromatic N) is 1. The van der Waals surface area contributed by atoms with E-state index in [4.69, 9.17) is 0 Å². The van der Waals surface area contributed by atoms with Gasteiger partial charge >= 0.3 is 6.03 Å². The highest BCUT2D eigenvalue weighted by Gasteiger charge is 2.49. The third-order valence-corrected chi connectivity index (χ3v) is 5.60. The second kappa shape index (κ2) is 7.83. The molecule has 0 bridgehead atoms. The predicted octanol–water partition coefficient (Wildman–Crippen LogP) is 4.29. The predicted molar refractivity (Wildman–Crippen MR) is 115 cm³/mol. The van der Waals surface area contributed by atoms with Gasteiger partial charge in [-0.3, -0.25) is 14.5 Å². The van der Waals surface area contributed by atoms with Crippen LogP contribution in [0.15, 0.2) is 46.9 Å². The van der Waals surface area contributed by atoms with Crippen molar-refractivity contribution in [1.82, 2.24) is 10.2 Å². The summed E-state index contributed by atoms with van der Waals surface area (Å²) in [5, 5.41) is 5.06. The van der Waals surface area contributed by atoms with Crippen molar-refractivity contribution < 1.29 is 18.8 Å². The molecule has 0 aromatic heterocycles. The fourth-order valence-electron chi connectivity index (χ4n) is 3.26. The summed E-state index contributed by atoms with van der Waals surface area (Å²) in [7, 11) is 0. The Morgan fingerprint density at radius 1 is 1.17 bits per heavy atom. The summed E-state index contributed by atoms with van der Waals surface area (Å²) in [5.41, 5.74) is 0.358. The van der Waals surface area contributed by atoms with E-state index < -0.39 is 35.7 Å². The second-order valence-electron chi connectivity index (χ2n) is 8.45. The van der Waals surface area contributed by atoms with Crippen LogP contribution in [-0.2, 0) is 20.5 Å². The number of imide groups is 1. The fraction of sp³-hybridized carbons (Fsp3) is 0.318. The number of rotatable bonds is 4. The van der Waals surface area contributed by atoms with E-state index in [0.717, 1.165) is 10.5 Å². The number of nitrogens with one attached hydrogen (secondary N) is 2. The Labute approximate surface area is 183 Å². The number of halogens is 2. The molecule has 1 aliphatic heterocycles. The third kappa shape index (κ3) is 4.23. The molecule has 0 aliphatic carbocycles. The molecule has 0 radical (unpaired) electrons. The van der Waals surface area contributed by atoms with E-state index in [2.05, 4.69) is 47.3 Å². The Morgan fingerprint density at radius 2 is 1.80 bits per heavy atom. The topological polar surface area (TPSA) is 78.5 Å². The molecule has 30 heavy (non-hydrogen) atoms. The molecule has 1 fully saturated rings. The maximum absolute atomic E-state index is 13.9. The lowest BCUT2D eigenvalue weighted by molar-refractivity contribution is -0.133. The molecule has 2 N–H and O–H groups in total. The largest absolute Gasteiger partial charge is 0.325 e. The molecule has 1 aliphatic rings. The van der Waals surface area contributed by atoms with Crippen molar-refractivity contribution in [2.24, 2.45) is 0 Å². The molecule has 2 aromatic carbocycles. The Balaban J connectivity index is 1.76. The summed E-state index contributed by atoms with van der Waals surface area (Å²) in [6.45, 7) is 7.34. The molecule has 8 heteroatoms. The van der Waals surface area contributed by atoms with Gasteiger partial charge in [-0.15, -0.1) is 0 Å². The average molecular weight is 476 g/mol. The van der Waals surface area contributed by atoms with Crippen LogP contribution in [0.2, 0.25) is 0 Å². The molecular weight excluding hydrogens is 453 g/mol. The molecule has 158 valence electrons. The molecule has 0 unspecified atom stereocenters. The first-order chi connectivity index (χ1) is 13.9. The van der Waals surface area contributed by atoms with Gasteiger partial charge < -0.3 is 10.6 Å². The van der Waals surface area contributed by atoms with Crippen molar-refractivity contribution in [1.29, 1.82) is 0 Å². The van der Waals surface area contributed by atoms with Gasteiger partial charge in [0.1, 0.15) is 17.9 Å². The Kier molecular flexibility index (Phi) is 5.73. The van der Waals surface area contributed by atoms with Crippen molar-refractivity contribution >= 4 is 39.5 Å². The molecule has 0 saturated carbocycles. The van der Waals surface area contributed by atoms with Crippen LogP contribution in [0.25, 0.3) is 0 Å². The van der Waals surface area contributed by atoms with Crippen LogP contribution < -0.4 is 10.6 Å². The highest BCUT2D eigenvalue weighted by atomic mass is 79.9. The number of carbonyl (C=O) groups excluding carboxylic acids is 3. The van der Waals surface area contributed by atoms with Crippen LogP contribution in [-0.4, -0.2) is 29.3 Å². The highest BCUT2D eigenvalue weighted by Crippen LogP contribution is 2.31. The number of anilines is 1. The van der Waals surface area contributed by atoms with Gasteiger partial charge in [-0.2, -0.15) is 0 Å². The molecule has 1 atom stereocenters. The molecule has 0 spiro atoms. The smallest absolute Gasteiger partial charge is 0.322 e. The van der Waals surface area contributed by atoms with E-state index in [1.54, 1.807) is 25.1 Å². The van der Waals surface area contributed by atoms with Crippen LogP contribution in [0.5, 0.6) is 0 Å². The zero-order valence-electron chi connectivity index (χ0n) is 17.2. The van der Waals surface area contributed by atoms with Crippen LogP contribution in [0.3, 0.4) is 0 Å². The molecule has 1 saturated heterocycles. The second-order valence-corrected chi connectivity index (χ2v) is 9.36. The van der Waals surface area contributed by atoms with Crippen LogP contribution in [0, 0.1) is 5.82 Å². The van der Waals surface area contributed by atoms with Gasteiger partial charge in [-0.25, -0.2) is 9.18 Å². The number of urea groups is 1. The van der Waals surface area contributed by atoms with Crippen LogP contribution in [0.4, 0.5) is 14.9 Å². The number of amides is 4. The van der Waals surface area contributed by atoms with Crippen molar-refractivity contribution in [2.75, 3.05) is 11.9 Å². The summed E-state index contributed by atoms with van der Waals surface area (Å²) in [6, 6.07) is 11.0. The van der Waals surface area contributed by atoms with Crippen LogP contribution in [0.1, 0.15) is 38.8 Å². The Bertz CT molecular complexity index is 1020. The lowest BCUT2D eigenvalue weighted by Crippen LogP contribution is -2.42. The van der Waals surface area contributed by atoms with Gasteiger partial charge in [-0.05, 0) is 41.7 Å². The van der Waals surface area contributed by atoms with Gasteiger partial charge in [0.2, 0.25) is 5.91 Å². The minimum atomic E-state index is -1.28. The third-order valence-electron chi connectivity index (χ3n) is 5.11. The van der Waals surface area contributed by atoms with Gasteiger partial charge in [0.05, 0.1) is 5.69 Å². The quantitative estimate of drug-likeness (QED) is 0.647. The number of hydrogen-bond donors (Lipinski definition) is 2. The van der Waals surface area contributed by atoms with Gasteiger partial charge in [0, 0.05) is 4.47 Å². The number of benzene rings is 2. The van der Waals surface area contributed by atoms with Crippen molar-refractivity contribution in [2.45, 2.75) is 38.6 Å². The molecule has 2 aromatic rings. The molecule has 3 rings (SSSR count). The normalized spacial score (nSPS) is 19.1. The molecular formula is C22H23BrFN3O3. The zero-order chi connectivity index (χ0) is 22.3. The van der Waals surface area contributed by atoms with E-state index >= 15 is 0 Å². The minimum Gasteiger partial charge on any atom is -0.322 e. The van der Waals surface area contributed by atoms with Gasteiger partial charge in [0.15, 0.2) is 0 Å². The first-order valence-electron chi connectivity index (χ1n) is 9.42. The fourth-order valence-corrected chi connectivity index (χ4v) is 3.60. The van der Waals surface area contributed by atoms with Crippen LogP contribution >= 0.6 is 15.9 Å². The molecule has 6 nitrogen and oxygen atoms in total. The summed E-state index contributed by atoms with van der Waals surface area (Å²) < 4.78 is 14.5. The summed E-state index contributed by atoms with van der Waals surface area (Å²) in [4.78, 5) is 38.6. The SMILES string of the molecule is CC(C)(C)c1ccc([C@@]2(C)NC(=O)N(CC(=O)Nc3ccc(Br)cc3F)C2=O)cc1. The first kappa shape index (κ1) is 22.0. The monoisotopic (exact) mass is 475 g/mol. The average Bonchev–Trinajstić information content (AvgIpc) is 2.87. The van der Waals surface area contributed by atoms with Crippen molar-refractivity contribution in [3.63, 3.8) is 0 Å². The first-order valence-corrected chi connectivity index (χ1v) is 10.2. The van der Waals surface area contributed by atoms with E-state index in [9.17, 15) is 18.8 Å². The standard InChI is InChI=1S/C22H23BrFN3O3/c1-21(2,3)13-5-7-14(8-6-13)22(4)19(29)27(20(30)26-22)12-18(28)25-17-10-9-15(23)11-16(17)24/h5-11H,12H2,1-4H3,(H,25,28)(H,26,30)/t22-/m1/s1. The molecule has 1 heterocycles. The van der Waals surface area contributed by atoms with E-state index in [1.165, 1.54) is 12.1 Å². The summed E-state index contributed by atoms with van der Waals surface area (Å²) in [5.74, 6) is -1.84. The lowest BCUT2D eigenvalue weighted by atomic mass is 9.84. The summed E-state index contributed by atoms with van der Waals surface area (Å²) in [6.07, 6.45) is 0. The Morgan fingerprint density at radius 3 is 2.37 bits per heavy atom. The zero-order valence-corrected chi connectivity index (χ0v) is 18.8. The maximum atomic E-state index is 13.9. The molecule has 4 amide bonds. The number of carbonyl (C=O) groups is 3. The number of hydrogen-bond acceptors (Lipinski definition) is 3. The highest BCUT2D eigenvalue weighted by molar-refractivity contribution is 9.10.